The quantitative estimate of drug-likeness (QED) is 0.0922. The molecule has 0 fully saturated rings. The second kappa shape index (κ2) is 15.9. The molecule has 0 saturated heterocycles. The maximum atomic E-state index is 13.2. The molecule has 0 heterocycles. The van der Waals surface area contributed by atoms with E-state index in [0.717, 1.165) is 0 Å². The maximum absolute atomic E-state index is 13.2. The van der Waals surface area contributed by atoms with Gasteiger partial charge in [0.25, 0.3) is 0 Å². The first-order chi connectivity index (χ1) is 23.5. The Hall–Kier alpha value is -5.32. The number of hydrogen-bond acceptors (Lipinski definition) is 9. The van der Waals surface area contributed by atoms with Crippen molar-refractivity contribution in [3.8, 4) is 0 Å². The number of rotatable bonds is 13. The fourth-order valence-corrected chi connectivity index (χ4v) is 5.34. The normalized spacial score (nSPS) is 12.5. The summed E-state index contributed by atoms with van der Waals surface area (Å²) in [5.74, 6) is -3.50. The second-order valence-corrected chi connectivity index (χ2v) is 14.1. The van der Waals surface area contributed by atoms with Gasteiger partial charge in [-0.25, -0.2) is 0 Å². The minimum atomic E-state index is -1.15. The molecule has 0 aliphatic heterocycles. The van der Waals surface area contributed by atoms with Gasteiger partial charge in [-0.3, -0.25) is 28.8 Å². The van der Waals surface area contributed by atoms with Crippen LogP contribution in [-0.2, 0) is 35.1 Å². The Morgan fingerprint density at radius 3 is 1.82 bits per heavy atom. The second-order valence-electron chi connectivity index (χ2n) is 14.1. The largest absolute Gasteiger partial charge is 0.459 e. The Bertz CT molecular complexity index is 1740. The van der Waals surface area contributed by atoms with E-state index in [1.807, 2.05) is 0 Å². The molecule has 0 spiro atoms. The molecule has 1 aliphatic rings. The molecular weight excluding hydrogens is 638 g/mol. The number of ketones is 2. The van der Waals surface area contributed by atoms with Gasteiger partial charge in [0.05, 0.1) is 5.56 Å². The lowest BCUT2D eigenvalue weighted by molar-refractivity contribution is -0.174. The van der Waals surface area contributed by atoms with Crippen LogP contribution >= 0.6 is 0 Å². The van der Waals surface area contributed by atoms with E-state index in [1.54, 1.807) is 108 Å². The van der Waals surface area contributed by atoms with Gasteiger partial charge in [-0.2, -0.15) is 0 Å². The van der Waals surface area contributed by atoms with Crippen LogP contribution in [0.1, 0.15) is 98.2 Å². The Labute approximate surface area is 292 Å². The average Bonchev–Trinajstić information content (AvgIpc) is 3.04. The van der Waals surface area contributed by atoms with Crippen LogP contribution < -0.4 is 16.0 Å². The summed E-state index contributed by atoms with van der Waals surface area (Å²) in [7, 11) is 0. The molecule has 264 valence electrons. The van der Waals surface area contributed by atoms with Gasteiger partial charge in [0.2, 0.25) is 11.8 Å². The minimum Gasteiger partial charge on any atom is -0.459 e. The summed E-state index contributed by atoms with van der Waals surface area (Å²) in [5, 5.41) is 8.76. The molecular formula is C39H45N3O8. The Morgan fingerprint density at radius 2 is 1.22 bits per heavy atom. The lowest BCUT2D eigenvalue weighted by Gasteiger charge is -2.26. The minimum absolute atomic E-state index is 0.00693. The van der Waals surface area contributed by atoms with E-state index in [-0.39, 0.29) is 42.6 Å². The fourth-order valence-electron chi connectivity index (χ4n) is 5.34. The zero-order valence-electron chi connectivity index (χ0n) is 29.4. The third kappa shape index (κ3) is 10.3. The van der Waals surface area contributed by atoms with Crippen molar-refractivity contribution in [2.75, 3.05) is 23.7 Å². The number of nitrogens with one attached hydrogen (secondary N) is 3. The molecule has 11 nitrogen and oxygen atoms in total. The van der Waals surface area contributed by atoms with Crippen LogP contribution in [0.3, 0.4) is 0 Å². The zero-order valence-corrected chi connectivity index (χ0v) is 29.4. The van der Waals surface area contributed by atoms with E-state index in [1.165, 1.54) is 0 Å². The predicted molar refractivity (Wildman–Crippen MR) is 189 cm³/mol. The molecule has 0 saturated carbocycles. The van der Waals surface area contributed by atoms with Gasteiger partial charge >= 0.3 is 11.9 Å². The third-order valence-electron chi connectivity index (χ3n) is 7.58. The number of carbonyl (C=O) groups excluding carboxylic acids is 6. The van der Waals surface area contributed by atoms with Crippen LogP contribution in [0.4, 0.5) is 11.4 Å². The molecule has 0 atom stereocenters. The zero-order chi connectivity index (χ0) is 36.6. The summed E-state index contributed by atoms with van der Waals surface area (Å²) < 4.78 is 10.9. The highest BCUT2D eigenvalue weighted by Gasteiger charge is 2.35. The molecule has 0 bridgehead atoms. The molecule has 0 aromatic heterocycles. The van der Waals surface area contributed by atoms with Crippen LogP contribution in [0.15, 0.2) is 66.7 Å². The SMILES string of the molecule is CC(C)(C)OC(=O)C(Cc1ccc(NC(=O)CCC(=O)NCCCNc2cccc3c2C(=O)c2ccccc2C3=O)cc1)C(=O)OC(C)(C)C. The highest BCUT2D eigenvalue weighted by molar-refractivity contribution is 6.30. The van der Waals surface area contributed by atoms with Gasteiger partial charge in [-0.05, 0) is 78.1 Å². The van der Waals surface area contributed by atoms with Gasteiger partial charge < -0.3 is 25.4 Å². The summed E-state index contributed by atoms with van der Waals surface area (Å²) >= 11 is 0. The number of esters is 2. The molecule has 3 N–H and O–H groups in total. The van der Waals surface area contributed by atoms with Crippen molar-refractivity contribution in [1.82, 2.24) is 5.32 Å². The standard InChI is InChI=1S/C39H45N3O8/c1-38(2,3)49-36(47)29(37(48)50-39(4,5)6)23-24-15-17-25(18-16-24)42-32(44)20-19-31(43)41-22-10-21-40-30-14-9-13-28-33(30)35(46)27-12-8-7-11-26(27)34(28)45/h7-9,11-18,29,40H,10,19-23H2,1-6H3,(H,41,43)(H,42,44). The lowest BCUT2D eigenvalue weighted by atomic mass is 9.83. The number of fused-ring (bicyclic) bond motifs is 2. The fraction of sp³-hybridized carbons (Fsp3) is 0.385. The van der Waals surface area contributed by atoms with E-state index in [4.69, 9.17) is 9.47 Å². The van der Waals surface area contributed by atoms with E-state index >= 15 is 0 Å². The third-order valence-corrected chi connectivity index (χ3v) is 7.58. The monoisotopic (exact) mass is 683 g/mol. The first-order valence-corrected chi connectivity index (χ1v) is 16.7. The number of hydrogen-bond donors (Lipinski definition) is 3. The molecule has 0 radical (unpaired) electrons. The molecule has 50 heavy (non-hydrogen) atoms. The first kappa shape index (κ1) is 37.5. The number of carbonyl (C=O) groups is 6. The lowest BCUT2D eigenvalue weighted by Crippen LogP contribution is -2.38. The van der Waals surface area contributed by atoms with Gasteiger partial charge in [-0.15, -0.1) is 0 Å². The van der Waals surface area contributed by atoms with Gasteiger partial charge in [0.15, 0.2) is 17.5 Å². The molecule has 3 aromatic carbocycles. The van der Waals surface area contributed by atoms with Crippen molar-refractivity contribution in [3.05, 3.63) is 94.5 Å². The van der Waals surface area contributed by atoms with Crippen molar-refractivity contribution in [2.24, 2.45) is 5.92 Å². The molecule has 11 heteroatoms. The molecule has 4 rings (SSSR count). The summed E-state index contributed by atoms with van der Waals surface area (Å²) in [5.41, 5.74) is 1.70. The first-order valence-electron chi connectivity index (χ1n) is 16.7. The van der Waals surface area contributed by atoms with E-state index < -0.39 is 29.1 Å². The van der Waals surface area contributed by atoms with Crippen molar-refractivity contribution >= 4 is 46.7 Å². The van der Waals surface area contributed by atoms with Crippen molar-refractivity contribution in [1.29, 1.82) is 0 Å². The number of benzene rings is 3. The summed E-state index contributed by atoms with van der Waals surface area (Å²) in [6.45, 7) is 11.2. The summed E-state index contributed by atoms with van der Waals surface area (Å²) in [4.78, 5) is 76.7. The average molecular weight is 684 g/mol. The van der Waals surface area contributed by atoms with Crippen molar-refractivity contribution < 1.29 is 38.2 Å². The summed E-state index contributed by atoms with van der Waals surface area (Å²) in [6.07, 6.45) is 0.578. The van der Waals surface area contributed by atoms with Gasteiger partial charge in [-0.1, -0.05) is 48.5 Å². The highest BCUT2D eigenvalue weighted by atomic mass is 16.6. The Kier molecular flexibility index (Phi) is 11.9. The van der Waals surface area contributed by atoms with Gasteiger partial charge in [0.1, 0.15) is 11.2 Å². The van der Waals surface area contributed by atoms with Crippen molar-refractivity contribution in [2.45, 2.75) is 78.4 Å². The van der Waals surface area contributed by atoms with E-state index in [9.17, 15) is 28.8 Å². The Morgan fingerprint density at radius 1 is 0.660 bits per heavy atom. The van der Waals surface area contributed by atoms with Crippen molar-refractivity contribution in [3.63, 3.8) is 0 Å². The number of ether oxygens (including phenoxy) is 2. The van der Waals surface area contributed by atoms with E-state index in [0.29, 0.717) is 58.7 Å². The number of anilines is 2. The Balaban J connectivity index is 1.20. The van der Waals surface area contributed by atoms with Crippen LogP contribution in [0, 0.1) is 5.92 Å². The molecule has 1 aliphatic carbocycles. The van der Waals surface area contributed by atoms with E-state index in [2.05, 4.69) is 16.0 Å². The smallest absolute Gasteiger partial charge is 0.321 e. The molecule has 0 unspecified atom stereocenters. The van der Waals surface area contributed by atoms with Crippen LogP contribution in [0.2, 0.25) is 0 Å². The topological polar surface area (TPSA) is 157 Å². The maximum Gasteiger partial charge on any atom is 0.321 e. The molecule has 3 aromatic rings. The predicted octanol–water partition coefficient (Wildman–Crippen LogP) is 5.64. The van der Waals surface area contributed by atoms with Crippen LogP contribution in [-0.4, -0.2) is 59.6 Å². The number of amides is 2. The molecule has 2 amide bonds. The van der Waals surface area contributed by atoms with Crippen LogP contribution in [0.25, 0.3) is 0 Å². The van der Waals surface area contributed by atoms with Crippen LogP contribution in [0.5, 0.6) is 0 Å². The summed E-state index contributed by atoms with van der Waals surface area (Å²) in [6, 6.07) is 18.7. The highest BCUT2D eigenvalue weighted by Crippen LogP contribution is 2.32. The van der Waals surface area contributed by atoms with Gasteiger partial charge in [0, 0.05) is 54.0 Å².